The summed E-state index contributed by atoms with van der Waals surface area (Å²) in [5, 5.41) is 20.6. The fraction of sp³-hybridized carbons (Fsp3) is 0.818. The average Bonchev–Trinajstić information content (AvgIpc) is 2.94. The molecule has 0 radical (unpaired) electrons. The second-order valence-electron chi connectivity index (χ2n) is 4.91. The topological polar surface area (TPSA) is 90.1 Å². The van der Waals surface area contributed by atoms with Crippen molar-refractivity contribution in [3.8, 4) is 0 Å². The third kappa shape index (κ3) is 2.22. The molecule has 0 aliphatic carbocycles. The summed E-state index contributed by atoms with van der Waals surface area (Å²) in [6, 6.07) is -0.302. The molecular formula is C11H18N4O3. The van der Waals surface area contributed by atoms with Gasteiger partial charge in [-0.05, 0) is 36.6 Å². The molecule has 0 bridgehead atoms. The fourth-order valence-electron chi connectivity index (χ4n) is 2.12. The molecule has 7 nitrogen and oxygen atoms in total. The van der Waals surface area contributed by atoms with E-state index in [2.05, 4.69) is 22.4 Å². The van der Waals surface area contributed by atoms with E-state index in [0.717, 1.165) is 6.42 Å². The van der Waals surface area contributed by atoms with E-state index in [0.29, 0.717) is 18.3 Å². The highest BCUT2D eigenvalue weighted by Crippen LogP contribution is 2.34. The second kappa shape index (κ2) is 5.01. The van der Waals surface area contributed by atoms with E-state index in [-0.39, 0.29) is 12.1 Å². The maximum absolute atomic E-state index is 11.0. The van der Waals surface area contributed by atoms with Crippen molar-refractivity contribution in [1.82, 2.24) is 20.2 Å². The maximum atomic E-state index is 11.0. The number of aliphatic carboxylic acids is 1. The smallest absolute Gasteiger partial charge is 0.308 e. The third-order valence-corrected chi connectivity index (χ3v) is 3.66. The lowest BCUT2D eigenvalue weighted by Crippen LogP contribution is -2.25. The monoisotopic (exact) mass is 254 g/mol. The molecule has 1 N–H and O–H groups in total. The summed E-state index contributed by atoms with van der Waals surface area (Å²) < 4.78 is 7.20. The summed E-state index contributed by atoms with van der Waals surface area (Å²) >= 11 is 0. The SMILES string of the molecule is CC1CCOC1c1nnnn1C(C)C(C)C(=O)O. The molecule has 1 aliphatic heterocycles. The first-order chi connectivity index (χ1) is 8.52. The van der Waals surface area contributed by atoms with Crippen molar-refractivity contribution in [2.24, 2.45) is 11.8 Å². The molecule has 1 aromatic heterocycles. The van der Waals surface area contributed by atoms with Crippen LogP contribution in [-0.2, 0) is 9.53 Å². The molecule has 1 saturated heterocycles. The third-order valence-electron chi connectivity index (χ3n) is 3.66. The molecule has 18 heavy (non-hydrogen) atoms. The Hall–Kier alpha value is -1.50. The highest BCUT2D eigenvalue weighted by atomic mass is 16.5. The van der Waals surface area contributed by atoms with Gasteiger partial charge in [0.15, 0.2) is 5.82 Å². The first-order valence-corrected chi connectivity index (χ1v) is 6.14. The van der Waals surface area contributed by atoms with Crippen LogP contribution in [0.15, 0.2) is 0 Å². The molecule has 1 fully saturated rings. The molecule has 0 aromatic carbocycles. The number of carboxylic acids is 1. The van der Waals surface area contributed by atoms with Gasteiger partial charge < -0.3 is 9.84 Å². The van der Waals surface area contributed by atoms with Crippen LogP contribution in [0.2, 0.25) is 0 Å². The van der Waals surface area contributed by atoms with E-state index < -0.39 is 11.9 Å². The molecule has 0 saturated carbocycles. The number of aromatic nitrogens is 4. The highest BCUT2D eigenvalue weighted by Gasteiger charge is 2.33. The van der Waals surface area contributed by atoms with E-state index in [1.165, 1.54) is 0 Å². The van der Waals surface area contributed by atoms with Crippen molar-refractivity contribution >= 4 is 5.97 Å². The highest BCUT2D eigenvalue weighted by molar-refractivity contribution is 5.70. The van der Waals surface area contributed by atoms with Crippen LogP contribution >= 0.6 is 0 Å². The summed E-state index contributed by atoms with van der Waals surface area (Å²) in [7, 11) is 0. The number of hydrogen-bond acceptors (Lipinski definition) is 5. The molecular weight excluding hydrogens is 236 g/mol. The molecule has 2 rings (SSSR count). The zero-order chi connectivity index (χ0) is 13.3. The Bertz CT molecular complexity index is 434. The Kier molecular flexibility index (Phi) is 3.60. The number of carboxylic acid groups (broad SMARTS) is 1. The Balaban J connectivity index is 2.24. The molecule has 0 amide bonds. The molecule has 4 unspecified atom stereocenters. The molecule has 1 aromatic rings. The largest absolute Gasteiger partial charge is 0.481 e. The van der Waals surface area contributed by atoms with Crippen LogP contribution in [0.1, 0.15) is 45.2 Å². The van der Waals surface area contributed by atoms with Gasteiger partial charge in [0.1, 0.15) is 6.10 Å². The minimum atomic E-state index is -0.857. The van der Waals surface area contributed by atoms with Crippen LogP contribution in [0, 0.1) is 11.8 Å². The van der Waals surface area contributed by atoms with Crippen LogP contribution in [0.3, 0.4) is 0 Å². The minimum Gasteiger partial charge on any atom is -0.481 e. The number of nitrogens with zero attached hydrogens (tertiary/aromatic N) is 4. The summed E-state index contributed by atoms with van der Waals surface area (Å²) in [5.41, 5.74) is 0. The van der Waals surface area contributed by atoms with Gasteiger partial charge in [0.05, 0.1) is 12.0 Å². The molecule has 100 valence electrons. The van der Waals surface area contributed by atoms with Crippen LogP contribution in [-0.4, -0.2) is 37.9 Å². The normalized spacial score (nSPS) is 27.1. The van der Waals surface area contributed by atoms with Crippen molar-refractivity contribution in [2.75, 3.05) is 6.61 Å². The van der Waals surface area contributed by atoms with Crippen molar-refractivity contribution in [1.29, 1.82) is 0 Å². The van der Waals surface area contributed by atoms with Crippen LogP contribution in [0.5, 0.6) is 0 Å². The molecule has 7 heteroatoms. The van der Waals surface area contributed by atoms with Crippen LogP contribution < -0.4 is 0 Å². The summed E-state index contributed by atoms with van der Waals surface area (Å²) in [4.78, 5) is 11.0. The van der Waals surface area contributed by atoms with E-state index in [1.807, 2.05) is 0 Å². The van der Waals surface area contributed by atoms with Crippen molar-refractivity contribution in [3.05, 3.63) is 5.82 Å². The van der Waals surface area contributed by atoms with Crippen molar-refractivity contribution < 1.29 is 14.6 Å². The Morgan fingerprint density at radius 1 is 1.56 bits per heavy atom. The predicted molar refractivity (Wildman–Crippen MR) is 61.8 cm³/mol. The first kappa shape index (κ1) is 12.9. The van der Waals surface area contributed by atoms with Gasteiger partial charge in [-0.3, -0.25) is 4.79 Å². The van der Waals surface area contributed by atoms with Gasteiger partial charge in [-0.1, -0.05) is 6.92 Å². The van der Waals surface area contributed by atoms with Gasteiger partial charge in [-0.2, -0.15) is 0 Å². The van der Waals surface area contributed by atoms with Gasteiger partial charge >= 0.3 is 5.97 Å². The summed E-state index contributed by atoms with van der Waals surface area (Å²) in [6.07, 6.45) is 0.837. The number of ether oxygens (including phenoxy) is 1. The van der Waals surface area contributed by atoms with E-state index in [4.69, 9.17) is 9.84 Å². The molecule has 4 atom stereocenters. The van der Waals surface area contributed by atoms with Gasteiger partial charge in [-0.25, -0.2) is 4.68 Å². The number of hydrogen-bond donors (Lipinski definition) is 1. The summed E-state index contributed by atoms with van der Waals surface area (Å²) in [5.74, 6) is -0.434. The number of tetrazole rings is 1. The van der Waals surface area contributed by atoms with E-state index in [9.17, 15) is 4.79 Å². The number of rotatable bonds is 4. The zero-order valence-corrected chi connectivity index (χ0v) is 10.8. The Labute approximate surface area is 105 Å². The van der Waals surface area contributed by atoms with Gasteiger partial charge in [0.25, 0.3) is 0 Å². The zero-order valence-electron chi connectivity index (χ0n) is 10.8. The van der Waals surface area contributed by atoms with Gasteiger partial charge in [-0.15, -0.1) is 5.10 Å². The lowest BCUT2D eigenvalue weighted by molar-refractivity contribution is -0.142. The van der Waals surface area contributed by atoms with Crippen molar-refractivity contribution in [3.63, 3.8) is 0 Å². The maximum Gasteiger partial charge on any atom is 0.308 e. The van der Waals surface area contributed by atoms with Crippen molar-refractivity contribution in [2.45, 2.75) is 39.3 Å². The first-order valence-electron chi connectivity index (χ1n) is 6.14. The minimum absolute atomic E-state index is 0.136. The Morgan fingerprint density at radius 2 is 2.28 bits per heavy atom. The lowest BCUT2D eigenvalue weighted by Gasteiger charge is -2.20. The standard InChI is InChI=1S/C11H18N4O3/c1-6-4-5-18-9(6)10-12-13-14-15(10)8(3)7(2)11(16)17/h6-9H,4-5H2,1-3H3,(H,16,17). The second-order valence-corrected chi connectivity index (χ2v) is 4.91. The van der Waals surface area contributed by atoms with Crippen LogP contribution in [0.25, 0.3) is 0 Å². The van der Waals surface area contributed by atoms with Crippen LogP contribution in [0.4, 0.5) is 0 Å². The quantitative estimate of drug-likeness (QED) is 0.863. The fourth-order valence-corrected chi connectivity index (χ4v) is 2.12. The van der Waals surface area contributed by atoms with Gasteiger partial charge in [0, 0.05) is 6.61 Å². The van der Waals surface area contributed by atoms with E-state index >= 15 is 0 Å². The lowest BCUT2D eigenvalue weighted by atomic mass is 10.0. The molecule has 0 spiro atoms. The summed E-state index contributed by atoms with van der Waals surface area (Å²) in [6.45, 7) is 6.24. The molecule has 1 aliphatic rings. The number of carbonyl (C=O) groups is 1. The predicted octanol–water partition coefficient (Wildman–Crippen LogP) is 1.05. The molecule has 2 heterocycles. The Morgan fingerprint density at radius 3 is 2.83 bits per heavy atom. The van der Waals surface area contributed by atoms with Gasteiger partial charge in [0.2, 0.25) is 0 Å². The van der Waals surface area contributed by atoms with E-state index in [1.54, 1.807) is 18.5 Å². The average molecular weight is 254 g/mol.